The third-order valence-corrected chi connectivity index (χ3v) is 3.33. The van der Waals surface area contributed by atoms with Crippen molar-refractivity contribution < 1.29 is 19.4 Å². The first-order valence-corrected chi connectivity index (χ1v) is 8.15. The Bertz CT molecular complexity index is 823. The number of ether oxygens (including phenoxy) is 2. The predicted octanol–water partition coefficient (Wildman–Crippen LogP) is 0.274. The highest BCUT2D eigenvalue weighted by molar-refractivity contribution is 5.83. The van der Waals surface area contributed by atoms with Gasteiger partial charge in [0.05, 0.1) is 33.4 Å². The summed E-state index contributed by atoms with van der Waals surface area (Å²) in [5.41, 5.74) is 6.84. The fourth-order valence-corrected chi connectivity index (χ4v) is 2.08. The van der Waals surface area contributed by atoms with Gasteiger partial charge in [0.1, 0.15) is 0 Å². The van der Waals surface area contributed by atoms with Gasteiger partial charge in [0.2, 0.25) is 0 Å². The number of carbonyl (C=O) groups is 1. The first-order valence-electron chi connectivity index (χ1n) is 8.15. The molecule has 4 N–H and O–H groups in total. The first-order chi connectivity index (χ1) is 12.6. The number of anilines is 1. The van der Waals surface area contributed by atoms with Crippen molar-refractivity contribution in [3.63, 3.8) is 0 Å². The number of carboxylic acid groups (broad SMARTS) is 1. The lowest BCUT2D eigenvalue weighted by atomic mass is 10.4. The van der Waals surface area contributed by atoms with Crippen LogP contribution in [0.4, 0.5) is 5.82 Å². The summed E-state index contributed by atoms with van der Waals surface area (Å²) in [5.74, 6) is 5.02. The quantitative estimate of drug-likeness (QED) is 0.424. The molecule has 2 aromatic heterocycles. The van der Waals surface area contributed by atoms with Crippen molar-refractivity contribution in [3.8, 4) is 23.9 Å². The molecule has 0 fully saturated rings. The zero-order chi connectivity index (χ0) is 18.9. The summed E-state index contributed by atoms with van der Waals surface area (Å²) < 4.78 is 12.4. The van der Waals surface area contributed by atoms with E-state index >= 15 is 0 Å². The van der Waals surface area contributed by atoms with Gasteiger partial charge in [-0.05, 0) is 6.42 Å². The van der Waals surface area contributed by atoms with E-state index in [0.717, 1.165) is 12.8 Å². The number of methoxy groups -OCH3 is 1. The Morgan fingerprint density at radius 2 is 2.15 bits per heavy atom. The molecule has 0 bridgehead atoms. The number of rotatable bonds is 9. The molecular formula is C16H22N6O4. The minimum Gasteiger partial charge on any atom is -0.480 e. The lowest BCUT2D eigenvalue weighted by molar-refractivity contribution is -0.135. The number of imidazole rings is 1. The number of aromatic nitrogens is 4. The molecule has 0 spiro atoms. The maximum atomic E-state index is 10.4. The molecule has 0 saturated heterocycles. The van der Waals surface area contributed by atoms with E-state index in [1.54, 1.807) is 4.57 Å². The Hall–Kier alpha value is -3.06. The zero-order valence-corrected chi connectivity index (χ0v) is 14.8. The van der Waals surface area contributed by atoms with E-state index in [-0.39, 0.29) is 31.5 Å². The molecule has 0 saturated carbocycles. The number of nitrogens with one attached hydrogen (secondary N) is 1. The average Bonchev–Trinajstić information content (AvgIpc) is 2.96. The highest BCUT2D eigenvalue weighted by Gasteiger charge is 2.17. The number of fused-ring (bicyclic) bond motifs is 1. The molecule has 2 heterocycles. The van der Waals surface area contributed by atoms with E-state index in [9.17, 15) is 4.79 Å². The van der Waals surface area contributed by atoms with Crippen molar-refractivity contribution in [1.29, 1.82) is 0 Å². The molecule has 10 nitrogen and oxygen atoms in total. The smallest absolute Gasteiger partial charge is 0.320 e. The van der Waals surface area contributed by atoms with Crippen LogP contribution in [0.3, 0.4) is 0 Å². The molecule has 0 atom stereocenters. The molecule has 0 aliphatic carbocycles. The van der Waals surface area contributed by atoms with Crippen LogP contribution in [-0.4, -0.2) is 57.4 Å². The van der Waals surface area contributed by atoms with Crippen LogP contribution in [0.1, 0.15) is 19.8 Å². The molecule has 10 heteroatoms. The number of nitrogens with zero attached hydrogens (tertiary/aromatic N) is 4. The Balaban J connectivity index is 2.20. The van der Waals surface area contributed by atoms with E-state index < -0.39 is 5.97 Å². The van der Waals surface area contributed by atoms with Crippen LogP contribution >= 0.6 is 0 Å². The molecule has 0 amide bonds. The highest BCUT2D eigenvalue weighted by Crippen LogP contribution is 2.25. The molecule has 2 aromatic rings. The molecule has 26 heavy (non-hydrogen) atoms. The van der Waals surface area contributed by atoms with Gasteiger partial charge in [0.25, 0.3) is 6.01 Å². The second kappa shape index (κ2) is 9.43. The lowest BCUT2D eigenvalue weighted by Gasteiger charge is -2.06. The van der Waals surface area contributed by atoms with E-state index in [2.05, 4.69) is 39.0 Å². The monoisotopic (exact) mass is 362 g/mol. The fraction of sp³-hybridized carbons (Fsp3) is 0.500. The van der Waals surface area contributed by atoms with Gasteiger partial charge in [-0.1, -0.05) is 25.2 Å². The first kappa shape index (κ1) is 19.3. The second-order valence-corrected chi connectivity index (χ2v) is 5.30. The summed E-state index contributed by atoms with van der Waals surface area (Å²) in [6, 6.07) is 0.489. The highest BCUT2D eigenvalue weighted by atomic mass is 16.5. The second-order valence-electron chi connectivity index (χ2n) is 5.30. The Labute approximate surface area is 150 Å². The molecule has 140 valence electrons. The molecule has 0 aliphatic heterocycles. The van der Waals surface area contributed by atoms with E-state index in [0.29, 0.717) is 23.8 Å². The normalized spacial score (nSPS) is 10.4. The van der Waals surface area contributed by atoms with Crippen molar-refractivity contribution in [2.24, 2.45) is 0 Å². The predicted molar refractivity (Wildman–Crippen MR) is 95.0 cm³/mol. The summed E-state index contributed by atoms with van der Waals surface area (Å²) in [5, 5.41) is 11.2. The molecular weight excluding hydrogens is 340 g/mol. The number of carboxylic acids is 1. The minimum atomic E-state index is -0.933. The van der Waals surface area contributed by atoms with Gasteiger partial charge in [0, 0.05) is 0 Å². The van der Waals surface area contributed by atoms with E-state index in [1.165, 1.54) is 7.11 Å². The topological polar surface area (TPSA) is 137 Å². The molecule has 0 aromatic carbocycles. The SMILES string of the molecule is CCCCOc1nc(N)c2nc(OC)n(CC#CCNCC(=O)O)c2n1. The standard InChI is InChI=1S/C16H22N6O4/c1-3-4-9-26-15-20-13(17)12-14(21-15)22(16(19-12)25-2)8-6-5-7-18-10-11(23)24/h18H,3-4,7-10H2,1-2H3,(H,23,24)(H2,17,20,21). The molecule has 2 rings (SSSR count). The Morgan fingerprint density at radius 3 is 2.85 bits per heavy atom. The fourth-order valence-electron chi connectivity index (χ4n) is 2.08. The van der Waals surface area contributed by atoms with Crippen LogP contribution in [0, 0.1) is 11.8 Å². The zero-order valence-electron chi connectivity index (χ0n) is 14.8. The van der Waals surface area contributed by atoms with Gasteiger partial charge in [-0.2, -0.15) is 15.0 Å². The van der Waals surface area contributed by atoms with Gasteiger partial charge in [0.15, 0.2) is 17.0 Å². The number of nitrogens with two attached hydrogens (primary N) is 1. The van der Waals surface area contributed by atoms with Crippen LogP contribution in [0.5, 0.6) is 12.0 Å². The van der Waals surface area contributed by atoms with Crippen LogP contribution in [0.15, 0.2) is 0 Å². The Morgan fingerprint density at radius 1 is 1.35 bits per heavy atom. The summed E-state index contributed by atoms with van der Waals surface area (Å²) in [4.78, 5) is 23.2. The third kappa shape index (κ3) is 4.97. The molecule has 0 aliphatic rings. The number of hydrogen-bond acceptors (Lipinski definition) is 8. The van der Waals surface area contributed by atoms with Gasteiger partial charge in [-0.3, -0.25) is 14.7 Å². The summed E-state index contributed by atoms with van der Waals surface area (Å²) in [7, 11) is 1.49. The van der Waals surface area contributed by atoms with Crippen LogP contribution < -0.4 is 20.5 Å². The van der Waals surface area contributed by atoms with E-state index in [4.69, 9.17) is 20.3 Å². The van der Waals surface area contributed by atoms with Crippen molar-refractivity contribution in [3.05, 3.63) is 0 Å². The third-order valence-electron chi connectivity index (χ3n) is 3.33. The summed E-state index contributed by atoms with van der Waals surface area (Å²) in [6.07, 6.45) is 1.88. The van der Waals surface area contributed by atoms with Gasteiger partial charge < -0.3 is 20.3 Å². The number of nitrogen functional groups attached to an aromatic ring is 1. The van der Waals surface area contributed by atoms with E-state index in [1.807, 2.05) is 0 Å². The molecule has 0 radical (unpaired) electrons. The number of aliphatic carboxylic acids is 1. The van der Waals surface area contributed by atoms with Crippen molar-refractivity contribution >= 4 is 23.0 Å². The van der Waals surface area contributed by atoms with Crippen molar-refractivity contribution in [1.82, 2.24) is 24.8 Å². The van der Waals surface area contributed by atoms with Crippen LogP contribution in [0.25, 0.3) is 11.2 Å². The van der Waals surface area contributed by atoms with Crippen molar-refractivity contribution in [2.45, 2.75) is 26.3 Å². The Kier molecular flexibility index (Phi) is 6.99. The van der Waals surface area contributed by atoms with Gasteiger partial charge >= 0.3 is 12.0 Å². The largest absolute Gasteiger partial charge is 0.480 e. The average molecular weight is 362 g/mol. The molecule has 0 unspecified atom stereocenters. The van der Waals surface area contributed by atoms with Gasteiger partial charge in [-0.15, -0.1) is 0 Å². The maximum Gasteiger partial charge on any atom is 0.320 e. The summed E-state index contributed by atoms with van der Waals surface area (Å²) in [6.45, 7) is 2.92. The van der Waals surface area contributed by atoms with Gasteiger partial charge in [-0.25, -0.2) is 0 Å². The minimum absolute atomic E-state index is 0.145. The van der Waals surface area contributed by atoms with Crippen molar-refractivity contribution in [2.75, 3.05) is 32.5 Å². The van der Waals surface area contributed by atoms with Crippen LogP contribution in [0.2, 0.25) is 0 Å². The summed E-state index contributed by atoms with van der Waals surface area (Å²) >= 11 is 0. The lowest BCUT2D eigenvalue weighted by Crippen LogP contribution is -2.22. The van der Waals surface area contributed by atoms with Crippen LogP contribution in [-0.2, 0) is 11.3 Å². The number of unbranched alkanes of at least 4 members (excludes halogenated alkanes) is 1. The maximum absolute atomic E-state index is 10.4. The number of hydrogen-bond donors (Lipinski definition) is 3.